The molecular formula is C18H20N4O2S. The number of benzene rings is 1. The van der Waals surface area contributed by atoms with Crippen LogP contribution in [-0.2, 0) is 30.9 Å². The number of thiazole rings is 1. The van der Waals surface area contributed by atoms with Crippen LogP contribution < -0.4 is 0 Å². The number of fused-ring (bicyclic) bond motifs is 2. The second-order valence-corrected chi connectivity index (χ2v) is 7.37. The standard InChI is InChI=1S/C18H20N4O2S/c23-12-13-10-14-11-21(8-3-9-22(14)20-13)18(24)7-6-17-19-15-4-1-2-5-16(15)25-17/h1-2,4-5,10,23H,3,6-9,11-12H2. The molecule has 0 fully saturated rings. The molecule has 130 valence electrons. The maximum Gasteiger partial charge on any atom is 0.223 e. The van der Waals surface area contributed by atoms with Crippen LogP contribution in [0, 0.1) is 0 Å². The third kappa shape index (κ3) is 3.43. The predicted octanol–water partition coefficient (Wildman–Crippen LogP) is 2.35. The first-order chi connectivity index (χ1) is 12.2. The molecule has 1 amide bonds. The summed E-state index contributed by atoms with van der Waals surface area (Å²) in [6.45, 7) is 2.03. The van der Waals surface area contributed by atoms with E-state index < -0.39 is 0 Å². The Morgan fingerprint density at radius 2 is 2.16 bits per heavy atom. The number of carbonyl (C=O) groups is 1. The highest BCUT2D eigenvalue weighted by molar-refractivity contribution is 7.18. The molecule has 0 atom stereocenters. The third-order valence-electron chi connectivity index (χ3n) is 4.47. The molecule has 1 aliphatic rings. The van der Waals surface area contributed by atoms with Crippen LogP contribution >= 0.6 is 11.3 Å². The van der Waals surface area contributed by atoms with Crippen LogP contribution in [0.15, 0.2) is 30.3 Å². The van der Waals surface area contributed by atoms with Crippen molar-refractivity contribution < 1.29 is 9.90 Å². The Hall–Kier alpha value is -2.25. The van der Waals surface area contributed by atoms with Crippen LogP contribution in [0.5, 0.6) is 0 Å². The van der Waals surface area contributed by atoms with Gasteiger partial charge >= 0.3 is 0 Å². The van der Waals surface area contributed by atoms with Gasteiger partial charge in [0.15, 0.2) is 0 Å². The predicted molar refractivity (Wildman–Crippen MR) is 96.1 cm³/mol. The van der Waals surface area contributed by atoms with Gasteiger partial charge in [-0.1, -0.05) is 12.1 Å². The topological polar surface area (TPSA) is 71.2 Å². The van der Waals surface area contributed by atoms with E-state index in [-0.39, 0.29) is 12.5 Å². The SMILES string of the molecule is O=C(CCc1nc2ccccc2s1)N1CCCn2nc(CO)cc2C1. The van der Waals surface area contributed by atoms with E-state index in [1.54, 1.807) is 11.3 Å². The lowest BCUT2D eigenvalue weighted by molar-refractivity contribution is -0.131. The van der Waals surface area contributed by atoms with Crippen molar-refractivity contribution in [2.45, 2.75) is 39.0 Å². The number of aliphatic hydroxyl groups is 1. The van der Waals surface area contributed by atoms with E-state index in [1.807, 2.05) is 33.8 Å². The largest absolute Gasteiger partial charge is 0.390 e. The van der Waals surface area contributed by atoms with Crippen LogP contribution in [0.1, 0.15) is 29.2 Å². The minimum absolute atomic E-state index is 0.0639. The van der Waals surface area contributed by atoms with E-state index in [4.69, 9.17) is 0 Å². The van der Waals surface area contributed by atoms with Gasteiger partial charge in [0, 0.05) is 25.9 Å². The van der Waals surface area contributed by atoms with Gasteiger partial charge in [-0.25, -0.2) is 4.98 Å². The Morgan fingerprint density at radius 3 is 3.00 bits per heavy atom. The second-order valence-electron chi connectivity index (χ2n) is 6.25. The molecule has 0 saturated carbocycles. The number of aromatic nitrogens is 3. The van der Waals surface area contributed by atoms with Gasteiger partial charge in [0.2, 0.25) is 5.91 Å². The van der Waals surface area contributed by atoms with Gasteiger partial charge in [0.05, 0.1) is 39.8 Å². The molecule has 1 aliphatic heterocycles. The summed E-state index contributed by atoms with van der Waals surface area (Å²) in [5.74, 6) is 0.152. The van der Waals surface area contributed by atoms with Crippen LogP contribution in [0.25, 0.3) is 10.2 Å². The van der Waals surface area contributed by atoms with E-state index in [2.05, 4.69) is 16.1 Å². The zero-order valence-electron chi connectivity index (χ0n) is 13.9. The Bertz CT molecular complexity index is 869. The van der Waals surface area contributed by atoms with Gasteiger partial charge < -0.3 is 10.0 Å². The van der Waals surface area contributed by atoms with Crippen molar-refractivity contribution in [1.29, 1.82) is 0 Å². The number of hydrogen-bond donors (Lipinski definition) is 1. The summed E-state index contributed by atoms with van der Waals surface area (Å²) in [5, 5.41) is 14.6. The fraction of sp³-hybridized carbons (Fsp3) is 0.389. The van der Waals surface area contributed by atoms with Crippen molar-refractivity contribution >= 4 is 27.5 Å². The van der Waals surface area contributed by atoms with Gasteiger partial charge in [-0.05, 0) is 24.6 Å². The monoisotopic (exact) mass is 356 g/mol. The first-order valence-electron chi connectivity index (χ1n) is 8.51. The highest BCUT2D eigenvalue weighted by Gasteiger charge is 2.20. The summed E-state index contributed by atoms with van der Waals surface area (Å²) in [6, 6.07) is 9.95. The van der Waals surface area contributed by atoms with Gasteiger partial charge in [0.1, 0.15) is 0 Å². The second kappa shape index (κ2) is 6.93. The van der Waals surface area contributed by atoms with Crippen LogP contribution in [0.3, 0.4) is 0 Å². The van der Waals surface area contributed by atoms with Gasteiger partial charge in [-0.3, -0.25) is 9.48 Å². The Morgan fingerprint density at radius 1 is 1.28 bits per heavy atom. The summed E-state index contributed by atoms with van der Waals surface area (Å²) < 4.78 is 3.08. The average Bonchev–Trinajstić information content (AvgIpc) is 3.17. The molecule has 0 unspecified atom stereocenters. The molecule has 25 heavy (non-hydrogen) atoms. The molecule has 1 aromatic carbocycles. The maximum absolute atomic E-state index is 12.6. The Kier molecular flexibility index (Phi) is 4.50. The summed E-state index contributed by atoms with van der Waals surface area (Å²) >= 11 is 1.66. The summed E-state index contributed by atoms with van der Waals surface area (Å²) in [5.41, 5.74) is 2.67. The molecule has 1 N–H and O–H groups in total. The number of hydrogen-bond acceptors (Lipinski definition) is 5. The number of nitrogens with zero attached hydrogens (tertiary/aromatic N) is 4. The minimum Gasteiger partial charge on any atom is -0.390 e. The third-order valence-corrected chi connectivity index (χ3v) is 5.57. The van der Waals surface area contributed by atoms with Crippen LogP contribution in [-0.4, -0.2) is 37.2 Å². The molecule has 0 saturated heterocycles. The Balaban J connectivity index is 1.41. The zero-order chi connectivity index (χ0) is 17.2. The molecular weight excluding hydrogens is 336 g/mol. The van der Waals surface area contributed by atoms with Crippen molar-refractivity contribution in [1.82, 2.24) is 19.7 Å². The first kappa shape index (κ1) is 16.2. The average molecular weight is 356 g/mol. The minimum atomic E-state index is -0.0639. The van der Waals surface area contributed by atoms with E-state index in [9.17, 15) is 9.90 Å². The van der Waals surface area contributed by atoms with Crippen molar-refractivity contribution in [3.63, 3.8) is 0 Å². The van der Waals surface area contributed by atoms with Crippen molar-refractivity contribution in [3.8, 4) is 0 Å². The fourth-order valence-corrected chi connectivity index (χ4v) is 4.18. The quantitative estimate of drug-likeness (QED) is 0.779. The number of rotatable bonds is 4. The number of aryl methyl sites for hydroxylation is 2. The molecule has 6 nitrogen and oxygen atoms in total. The molecule has 3 heterocycles. The van der Waals surface area contributed by atoms with Gasteiger partial charge in [-0.2, -0.15) is 5.10 Å². The van der Waals surface area contributed by atoms with E-state index >= 15 is 0 Å². The lowest BCUT2D eigenvalue weighted by Gasteiger charge is -2.19. The lowest BCUT2D eigenvalue weighted by atomic mass is 10.2. The molecule has 0 radical (unpaired) electrons. The summed E-state index contributed by atoms with van der Waals surface area (Å²) in [6.07, 6.45) is 2.03. The van der Waals surface area contributed by atoms with Gasteiger partial charge in [0.25, 0.3) is 0 Å². The normalized spacial score (nSPS) is 14.5. The molecule has 7 heteroatoms. The summed E-state index contributed by atoms with van der Waals surface area (Å²) in [4.78, 5) is 19.2. The number of carbonyl (C=O) groups excluding carboxylic acids is 1. The highest BCUT2D eigenvalue weighted by atomic mass is 32.1. The van der Waals surface area contributed by atoms with E-state index in [0.717, 1.165) is 35.7 Å². The summed E-state index contributed by atoms with van der Waals surface area (Å²) in [7, 11) is 0. The maximum atomic E-state index is 12.6. The number of aliphatic hydroxyl groups excluding tert-OH is 1. The van der Waals surface area contributed by atoms with Crippen molar-refractivity contribution in [2.24, 2.45) is 0 Å². The fourth-order valence-electron chi connectivity index (χ4n) is 3.21. The molecule has 3 aromatic rings. The highest BCUT2D eigenvalue weighted by Crippen LogP contribution is 2.23. The zero-order valence-corrected chi connectivity index (χ0v) is 14.7. The molecule has 2 aromatic heterocycles. The number of para-hydroxylation sites is 1. The van der Waals surface area contributed by atoms with E-state index in [1.165, 1.54) is 4.70 Å². The molecule has 0 bridgehead atoms. The van der Waals surface area contributed by atoms with Crippen LogP contribution in [0.2, 0.25) is 0 Å². The molecule has 4 rings (SSSR count). The van der Waals surface area contributed by atoms with Crippen LogP contribution in [0.4, 0.5) is 0 Å². The lowest BCUT2D eigenvalue weighted by Crippen LogP contribution is -2.30. The van der Waals surface area contributed by atoms with Crippen molar-refractivity contribution in [2.75, 3.05) is 6.54 Å². The first-order valence-corrected chi connectivity index (χ1v) is 9.33. The van der Waals surface area contributed by atoms with E-state index in [0.29, 0.717) is 25.1 Å². The van der Waals surface area contributed by atoms with Crippen molar-refractivity contribution in [3.05, 3.63) is 46.7 Å². The smallest absolute Gasteiger partial charge is 0.223 e. The molecule has 0 spiro atoms. The Labute approximate surface area is 149 Å². The molecule has 0 aliphatic carbocycles. The van der Waals surface area contributed by atoms with Gasteiger partial charge in [-0.15, -0.1) is 11.3 Å². The number of amides is 1.